The van der Waals surface area contributed by atoms with Crippen molar-refractivity contribution >= 4 is 21.8 Å². The van der Waals surface area contributed by atoms with Crippen LogP contribution in [0.3, 0.4) is 0 Å². The molecule has 2 aliphatic heterocycles. The van der Waals surface area contributed by atoms with Gasteiger partial charge >= 0.3 is 0 Å². The second-order valence-electron chi connectivity index (χ2n) is 6.45. The van der Waals surface area contributed by atoms with E-state index in [4.69, 9.17) is 9.47 Å². The summed E-state index contributed by atoms with van der Waals surface area (Å²) in [7, 11) is 0. The van der Waals surface area contributed by atoms with Crippen LogP contribution in [0.1, 0.15) is 31.7 Å². The topological polar surface area (TPSA) is 50.8 Å². The lowest BCUT2D eigenvalue weighted by Gasteiger charge is -2.32. The average molecular weight is 397 g/mol. The lowest BCUT2D eigenvalue weighted by Crippen LogP contribution is -2.45. The van der Waals surface area contributed by atoms with Crippen LogP contribution in [-0.4, -0.2) is 49.7 Å². The van der Waals surface area contributed by atoms with Crippen molar-refractivity contribution in [1.29, 1.82) is 0 Å². The van der Waals surface area contributed by atoms with Gasteiger partial charge in [0.2, 0.25) is 5.91 Å². The third-order valence-electron chi connectivity index (χ3n) is 4.55. The molecule has 0 atom stereocenters. The fourth-order valence-corrected chi connectivity index (χ4v) is 3.77. The molecule has 1 saturated heterocycles. The van der Waals surface area contributed by atoms with Crippen LogP contribution >= 0.6 is 15.9 Å². The third-order valence-corrected chi connectivity index (χ3v) is 5.29. The molecule has 2 heterocycles. The summed E-state index contributed by atoms with van der Waals surface area (Å²) >= 11 is 3.53. The van der Waals surface area contributed by atoms with Gasteiger partial charge in [-0.2, -0.15) is 0 Å². The number of likely N-dealkylation sites (tertiary alicyclic amines) is 1. The maximum atomic E-state index is 12.4. The normalized spacial score (nSPS) is 18.4. The Bertz CT molecular complexity index is 586. The van der Waals surface area contributed by atoms with E-state index in [0.717, 1.165) is 54.0 Å². The molecule has 0 saturated carbocycles. The number of amides is 1. The van der Waals surface area contributed by atoms with E-state index >= 15 is 0 Å². The fraction of sp³-hybridized carbons (Fsp3) is 0.611. The second kappa shape index (κ2) is 8.21. The number of carbonyl (C=O) groups excluding carboxylic acids is 1. The van der Waals surface area contributed by atoms with Crippen LogP contribution in [-0.2, 0) is 11.2 Å². The predicted octanol–water partition coefficient (Wildman–Crippen LogP) is 2.75. The Morgan fingerprint density at radius 2 is 1.92 bits per heavy atom. The number of carbonyl (C=O) groups is 1. The Kier molecular flexibility index (Phi) is 6.00. The largest absolute Gasteiger partial charge is 0.486 e. The van der Waals surface area contributed by atoms with Crippen molar-refractivity contribution in [1.82, 2.24) is 10.2 Å². The van der Waals surface area contributed by atoms with E-state index in [-0.39, 0.29) is 5.91 Å². The van der Waals surface area contributed by atoms with Gasteiger partial charge in [0, 0.05) is 23.6 Å². The lowest BCUT2D eigenvalue weighted by molar-refractivity contribution is -0.121. The Labute approximate surface area is 151 Å². The molecule has 2 aliphatic rings. The Morgan fingerprint density at radius 1 is 1.25 bits per heavy atom. The molecular formula is C18H25BrN2O3. The van der Waals surface area contributed by atoms with Crippen molar-refractivity contribution in [3.05, 3.63) is 22.2 Å². The number of nitrogens with zero attached hydrogens (tertiary/aromatic N) is 1. The highest BCUT2D eigenvalue weighted by molar-refractivity contribution is 9.10. The molecule has 0 spiro atoms. The van der Waals surface area contributed by atoms with Gasteiger partial charge in [0.05, 0.1) is 6.42 Å². The van der Waals surface area contributed by atoms with Crippen LogP contribution in [0.15, 0.2) is 16.6 Å². The van der Waals surface area contributed by atoms with E-state index in [2.05, 4.69) is 33.1 Å². The summed E-state index contributed by atoms with van der Waals surface area (Å²) in [6, 6.07) is 4.09. The van der Waals surface area contributed by atoms with Gasteiger partial charge in [-0.25, -0.2) is 0 Å². The van der Waals surface area contributed by atoms with Crippen LogP contribution in [0.4, 0.5) is 0 Å². The first-order chi connectivity index (χ1) is 11.7. The van der Waals surface area contributed by atoms with E-state index in [0.29, 0.717) is 25.7 Å². The van der Waals surface area contributed by atoms with Crippen molar-refractivity contribution in [2.24, 2.45) is 0 Å². The summed E-state index contributed by atoms with van der Waals surface area (Å²) in [6.07, 6.45) is 3.61. The summed E-state index contributed by atoms with van der Waals surface area (Å²) in [6.45, 7) is 6.63. The molecular weight excluding hydrogens is 372 g/mol. The molecule has 24 heavy (non-hydrogen) atoms. The molecule has 132 valence electrons. The van der Waals surface area contributed by atoms with Gasteiger partial charge in [-0.05, 0) is 43.5 Å². The first-order valence-electron chi connectivity index (χ1n) is 8.75. The number of benzene rings is 1. The minimum Gasteiger partial charge on any atom is -0.486 e. The molecule has 0 unspecified atom stereocenters. The monoisotopic (exact) mass is 396 g/mol. The molecule has 1 fully saturated rings. The number of hydrogen-bond acceptors (Lipinski definition) is 4. The van der Waals surface area contributed by atoms with Gasteiger partial charge in [0.15, 0.2) is 11.5 Å². The molecule has 0 radical (unpaired) electrons. The number of nitrogens with one attached hydrogen (secondary N) is 1. The minimum absolute atomic E-state index is 0.0707. The molecule has 0 aliphatic carbocycles. The van der Waals surface area contributed by atoms with Crippen LogP contribution in [0.25, 0.3) is 0 Å². The van der Waals surface area contributed by atoms with E-state index in [9.17, 15) is 4.79 Å². The number of fused-ring (bicyclic) bond motifs is 1. The SMILES string of the molecule is CCCN1CCC(NC(=O)Cc2cc3c(cc2Br)OCCO3)CC1. The molecule has 0 aromatic heterocycles. The highest BCUT2D eigenvalue weighted by atomic mass is 79.9. The second-order valence-corrected chi connectivity index (χ2v) is 7.30. The van der Waals surface area contributed by atoms with Gasteiger partial charge in [-0.15, -0.1) is 0 Å². The molecule has 3 rings (SSSR count). The van der Waals surface area contributed by atoms with Crippen LogP contribution < -0.4 is 14.8 Å². The minimum atomic E-state index is 0.0707. The van der Waals surface area contributed by atoms with E-state index < -0.39 is 0 Å². The zero-order valence-electron chi connectivity index (χ0n) is 14.1. The number of rotatable bonds is 5. The number of hydrogen-bond donors (Lipinski definition) is 1. The highest BCUT2D eigenvalue weighted by Crippen LogP contribution is 2.35. The summed E-state index contributed by atoms with van der Waals surface area (Å²) in [4.78, 5) is 14.9. The number of ether oxygens (including phenoxy) is 2. The van der Waals surface area contributed by atoms with Crippen molar-refractivity contribution in [3.8, 4) is 11.5 Å². The standard InChI is InChI=1S/C18H25BrN2O3/c1-2-5-21-6-3-14(4-7-21)20-18(22)11-13-10-16-17(12-15(13)19)24-9-8-23-16/h10,12,14H,2-9,11H2,1H3,(H,20,22). The predicted molar refractivity (Wildman–Crippen MR) is 96.7 cm³/mol. The van der Waals surface area contributed by atoms with Crippen molar-refractivity contribution in [2.75, 3.05) is 32.8 Å². The summed E-state index contributed by atoms with van der Waals surface area (Å²) < 4.78 is 12.0. The molecule has 1 aromatic carbocycles. The van der Waals surface area contributed by atoms with Crippen molar-refractivity contribution in [3.63, 3.8) is 0 Å². The molecule has 5 nitrogen and oxygen atoms in total. The number of piperidine rings is 1. The van der Waals surface area contributed by atoms with Crippen molar-refractivity contribution in [2.45, 2.75) is 38.6 Å². The van der Waals surface area contributed by atoms with Gasteiger partial charge < -0.3 is 19.7 Å². The summed E-state index contributed by atoms with van der Waals surface area (Å²) in [5.74, 6) is 1.53. The first-order valence-corrected chi connectivity index (χ1v) is 9.54. The fourth-order valence-electron chi connectivity index (χ4n) is 3.31. The highest BCUT2D eigenvalue weighted by Gasteiger charge is 2.21. The van der Waals surface area contributed by atoms with Gasteiger partial charge in [-0.3, -0.25) is 4.79 Å². The molecule has 6 heteroatoms. The molecule has 1 N–H and O–H groups in total. The van der Waals surface area contributed by atoms with Crippen LogP contribution in [0.2, 0.25) is 0 Å². The Balaban J connectivity index is 1.54. The summed E-state index contributed by atoms with van der Waals surface area (Å²) in [5.41, 5.74) is 0.931. The summed E-state index contributed by atoms with van der Waals surface area (Å²) in [5, 5.41) is 3.18. The quantitative estimate of drug-likeness (QED) is 0.830. The van der Waals surface area contributed by atoms with Crippen molar-refractivity contribution < 1.29 is 14.3 Å². The molecule has 1 aromatic rings. The van der Waals surface area contributed by atoms with Gasteiger partial charge in [0.25, 0.3) is 0 Å². The van der Waals surface area contributed by atoms with Gasteiger partial charge in [-0.1, -0.05) is 22.9 Å². The average Bonchev–Trinajstić information content (AvgIpc) is 2.57. The van der Waals surface area contributed by atoms with E-state index in [1.165, 1.54) is 6.42 Å². The zero-order valence-corrected chi connectivity index (χ0v) is 15.7. The smallest absolute Gasteiger partial charge is 0.224 e. The maximum Gasteiger partial charge on any atom is 0.224 e. The number of halogens is 1. The third kappa shape index (κ3) is 4.42. The van der Waals surface area contributed by atoms with Crippen LogP contribution in [0.5, 0.6) is 11.5 Å². The zero-order chi connectivity index (χ0) is 16.9. The molecule has 1 amide bonds. The van der Waals surface area contributed by atoms with Crippen LogP contribution in [0, 0.1) is 0 Å². The van der Waals surface area contributed by atoms with Gasteiger partial charge in [0.1, 0.15) is 13.2 Å². The van der Waals surface area contributed by atoms with E-state index in [1.54, 1.807) is 0 Å². The Morgan fingerprint density at radius 3 is 2.58 bits per heavy atom. The first kappa shape index (κ1) is 17.5. The maximum absolute atomic E-state index is 12.4. The Hall–Kier alpha value is -1.27. The van der Waals surface area contributed by atoms with E-state index in [1.807, 2.05) is 12.1 Å². The lowest BCUT2D eigenvalue weighted by atomic mass is 10.0. The molecule has 0 bridgehead atoms.